The number of nitrogens with zero attached hydrogens (tertiary/aromatic N) is 3. The molecule has 0 saturated heterocycles. The Morgan fingerprint density at radius 2 is 2.13 bits per heavy atom. The summed E-state index contributed by atoms with van der Waals surface area (Å²) in [6, 6.07) is 0.384. The first-order valence-electron chi connectivity index (χ1n) is 4.91. The Kier molecular flexibility index (Phi) is 3.96. The molecule has 1 aromatic heterocycles. The summed E-state index contributed by atoms with van der Waals surface area (Å²) >= 11 is 4.94. The predicted octanol–water partition coefficient (Wildman–Crippen LogP) is 1.35. The van der Waals surface area contributed by atoms with Crippen LogP contribution < -0.4 is 10.6 Å². The first-order chi connectivity index (χ1) is 7.07. The van der Waals surface area contributed by atoms with Crippen molar-refractivity contribution < 1.29 is 0 Å². The summed E-state index contributed by atoms with van der Waals surface area (Å²) in [4.78, 5) is 10.7. The molecule has 0 aromatic carbocycles. The van der Waals surface area contributed by atoms with E-state index in [0.29, 0.717) is 11.7 Å². The summed E-state index contributed by atoms with van der Waals surface area (Å²) < 4.78 is 0. The summed E-state index contributed by atoms with van der Waals surface area (Å²) in [5.74, 6) is 0.749. The van der Waals surface area contributed by atoms with Gasteiger partial charge in [0.15, 0.2) is 5.82 Å². The number of anilines is 1. The van der Waals surface area contributed by atoms with Gasteiger partial charge < -0.3 is 10.6 Å². The van der Waals surface area contributed by atoms with Crippen molar-refractivity contribution in [1.29, 1.82) is 0 Å². The lowest BCUT2D eigenvalue weighted by Crippen LogP contribution is -2.31. The molecule has 1 unspecified atom stereocenters. The number of hydrogen-bond donors (Lipinski definition) is 1. The van der Waals surface area contributed by atoms with Crippen LogP contribution in [0.15, 0.2) is 12.4 Å². The fourth-order valence-electron chi connectivity index (χ4n) is 1.25. The summed E-state index contributed by atoms with van der Waals surface area (Å²) in [7, 11) is 1.97. The topological polar surface area (TPSA) is 55.0 Å². The van der Waals surface area contributed by atoms with E-state index >= 15 is 0 Å². The zero-order chi connectivity index (χ0) is 11.4. The highest BCUT2D eigenvalue weighted by Crippen LogP contribution is 2.16. The number of nitrogens with two attached hydrogens (primary N) is 1. The molecule has 0 aliphatic rings. The second-order valence-corrected chi connectivity index (χ2v) is 3.90. The monoisotopic (exact) mass is 224 g/mol. The Hall–Kier alpha value is -1.23. The van der Waals surface area contributed by atoms with Gasteiger partial charge in [-0.05, 0) is 13.3 Å². The van der Waals surface area contributed by atoms with Crippen LogP contribution >= 0.6 is 12.2 Å². The molecule has 15 heavy (non-hydrogen) atoms. The van der Waals surface area contributed by atoms with Crippen LogP contribution in [0.4, 0.5) is 5.82 Å². The molecule has 82 valence electrons. The maximum Gasteiger partial charge on any atom is 0.157 e. The molecule has 1 rings (SSSR count). The third-order valence-electron chi connectivity index (χ3n) is 2.50. The van der Waals surface area contributed by atoms with Crippen LogP contribution in [-0.2, 0) is 0 Å². The molecule has 0 saturated carbocycles. The number of hydrogen-bond acceptors (Lipinski definition) is 4. The van der Waals surface area contributed by atoms with Crippen molar-refractivity contribution in [2.24, 2.45) is 5.73 Å². The Bertz CT molecular complexity index is 353. The molecule has 1 aromatic rings. The van der Waals surface area contributed by atoms with Gasteiger partial charge in [0.05, 0.1) is 0 Å². The van der Waals surface area contributed by atoms with E-state index in [9.17, 15) is 0 Å². The van der Waals surface area contributed by atoms with Gasteiger partial charge in [-0.15, -0.1) is 0 Å². The van der Waals surface area contributed by atoms with Gasteiger partial charge >= 0.3 is 0 Å². The molecule has 5 heteroatoms. The number of thiocarbonyl (C=S) groups is 1. The third kappa shape index (κ3) is 2.62. The van der Waals surface area contributed by atoms with Crippen LogP contribution in [0.2, 0.25) is 0 Å². The van der Waals surface area contributed by atoms with Crippen molar-refractivity contribution in [1.82, 2.24) is 9.97 Å². The normalized spacial score (nSPS) is 12.2. The van der Waals surface area contributed by atoms with E-state index in [2.05, 4.69) is 23.8 Å². The van der Waals surface area contributed by atoms with Crippen molar-refractivity contribution in [3.63, 3.8) is 0 Å². The minimum absolute atomic E-state index is 0.285. The Morgan fingerprint density at radius 1 is 1.53 bits per heavy atom. The summed E-state index contributed by atoms with van der Waals surface area (Å²) in [5.41, 5.74) is 6.19. The molecule has 0 aliphatic heterocycles. The fourth-order valence-corrected chi connectivity index (χ4v) is 1.39. The van der Waals surface area contributed by atoms with Crippen LogP contribution in [-0.4, -0.2) is 28.0 Å². The van der Waals surface area contributed by atoms with Gasteiger partial charge in [0, 0.05) is 25.5 Å². The zero-order valence-corrected chi connectivity index (χ0v) is 10.1. The van der Waals surface area contributed by atoms with Gasteiger partial charge in [-0.2, -0.15) is 0 Å². The highest BCUT2D eigenvalue weighted by molar-refractivity contribution is 7.80. The Morgan fingerprint density at radius 3 is 2.67 bits per heavy atom. The van der Waals surface area contributed by atoms with E-state index in [-0.39, 0.29) is 4.99 Å². The second kappa shape index (κ2) is 5.02. The molecule has 1 heterocycles. The lowest BCUT2D eigenvalue weighted by molar-refractivity contribution is 0.655. The van der Waals surface area contributed by atoms with E-state index in [1.807, 2.05) is 11.9 Å². The van der Waals surface area contributed by atoms with E-state index in [0.717, 1.165) is 12.2 Å². The van der Waals surface area contributed by atoms with Gasteiger partial charge in [-0.25, -0.2) is 9.97 Å². The summed E-state index contributed by atoms with van der Waals surface area (Å²) in [6.07, 6.45) is 4.28. The molecule has 2 N–H and O–H groups in total. The second-order valence-electron chi connectivity index (χ2n) is 3.46. The van der Waals surface area contributed by atoms with Crippen LogP contribution in [0.5, 0.6) is 0 Å². The smallest absolute Gasteiger partial charge is 0.157 e. The largest absolute Gasteiger partial charge is 0.388 e. The van der Waals surface area contributed by atoms with Crippen LogP contribution in [0.25, 0.3) is 0 Å². The standard InChI is InChI=1S/C10H16N4S/c1-4-7(2)14(3)10-8(9(11)15)12-5-6-13-10/h5-7H,4H2,1-3H3,(H2,11,15). The van der Waals surface area contributed by atoms with E-state index < -0.39 is 0 Å². The molecule has 0 fully saturated rings. The van der Waals surface area contributed by atoms with Crippen molar-refractivity contribution in [2.45, 2.75) is 26.3 Å². The van der Waals surface area contributed by atoms with Crippen LogP contribution in [0.1, 0.15) is 26.0 Å². The lowest BCUT2D eigenvalue weighted by atomic mass is 10.2. The molecule has 0 amide bonds. The minimum Gasteiger partial charge on any atom is -0.388 e. The first-order valence-corrected chi connectivity index (χ1v) is 5.32. The maximum absolute atomic E-state index is 5.60. The summed E-state index contributed by atoms with van der Waals surface area (Å²) in [6.45, 7) is 4.25. The van der Waals surface area contributed by atoms with Crippen molar-refractivity contribution >= 4 is 23.0 Å². The highest BCUT2D eigenvalue weighted by Gasteiger charge is 2.15. The SMILES string of the molecule is CCC(C)N(C)c1nccnc1C(N)=S. The lowest BCUT2D eigenvalue weighted by Gasteiger charge is -2.25. The molecular formula is C10H16N4S. The van der Waals surface area contributed by atoms with Crippen LogP contribution in [0.3, 0.4) is 0 Å². The van der Waals surface area contributed by atoms with E-state index in [4.69, 9.17) is 18.0 Å². The van der Waals surface area contributed by atoms with Gasteiger partial charge in [0.1, 0.15) is 10.7 Å². The Labute approximate surface area is 95.5 Å². The zero-order valence-electron chi connectivity index (χ0n) is 9.27. The fraction of sp³-hybridized carbons (Fsp3) is 0.500. The average Bonchev–Trinajstić information content (AvgIpc) is 2.27. The Balaban J connectivity index is 3.07. The molecule has 0 aliphatic carbocycles. The first kappa shape index (κ1) is 11.8. The maximum atomic E-state index is 5.60. The summed E-state index contributed by atoms with van der Waals surface area (Å²) in [5, 5.41) is 0. The van der Waals surface area contributed by atoms with E-state index in [1.165, 1.54) is 0 Å². The van der Waals surface area contributed by atoms with Crippen molar-refractivity contribution in [3.8, 4) is 0 Å². The van der Waals surface area contributed by atoms with Crippen LogP contribution in [0, 0.1) is 0 Å². The van der Waals surface area contributed by atoms with E-state index in [1.54, 1.807) is 12.4 Å². The third-order valence-corrected chi connectivity index (χ3v) is 2.69. The predicted molar refractivity (Wildman–Crippen MR) is 66.1 cm³/mol. The molecule has 0 radical (unpaired) electrons. The van der Waals surface area contributed by atoms with Crippen molar-refractivity contribution in [3.05, 3.63) is 18.1 Å². The van der Waals surface area contributed by atoms with Gasteiger partial charge in [0.2, 0.25) is 0 Å². The molecule has 0 spiro atoms. The average molecular weight is 224 g/mol. The highest BCUT2D eigenvalue weighted by atomic mass is 32.1. The number of rotatable bonds is 4. The molecule has 0 bridgehead atoms. The molecule has 1 atom stereocenters. The minimum atomic E-state index is 0.285. The van der Waals surface area contributed by atoms with Gasteiger partial charge in [-0.1, -0.05) is 19.1 Å². The van der Waals surface area contributed by atoms with Gasteiger partial charge in [0.25, 0.3) is 0 Å². The molecular weight excluding hydrogens is 208 g/mol. The number of aromatic nitrogens is 2. The quantitative estimate of drug-likeness (QED) is 0.782. The van der Waals surface area contributed by atoms with Gasteiger partial charge in [-0.3, -0.25) is 0 Å². The molecule has 4 nitrogen and oxygen atoms in total. The van der Waals surface area contributed by atoms with Crippen molar-refractivity contribution in [2.75, 3.05) is 11.9 Å².